The number of anilines is 3. The zero-order valence-corrected chi connectivity index (χ0v) is 27.8. The number of nitriles is 1. The van der Waals surface area contributed by atoms with E-state index < -0.39 is 12.1 Å². The van der Waals surface area contributed by atoms with Crippen molar-refractivity contribution in [1.82, 2.24) is 29.5 Å². The summed E-state index contributed by atoms with van der Waals surface area (Å²) < 4.78 is 8.15. The van der Waals surface area contributed by atoms with Gasteiger partial charge in [0, 0.05) is 63.4 Å². The summed E-state index contributed by atoms with van der Waals surface area (Å²) in [5.74, 6) is 1.57. The third kappa shape index (κ3) is 6.05. The molecule has 0 radical (unpaired) electrons. The number of carboxylic acid groups (broad SMARTS) is 1. The van der Waals surface area contributed by atoms with Crippen LogP contribution in [0.3, 0.4) is 0 Å². The fraction of sp³-hybridized carbons (Fsp3) is 0.618. The molecule has 4 aliphatic heterocycles. The van der Waals surface area contributed by atoms with E-state index in [9.17, 15) is 15.2 Å². The van der Waals surface area contributed by atoms with E-state index in [-0.39, 0.29) is 12.6 Å². The van der Waals surface area contributed by atoms with Crippen molar-refractivity contribution < 1.29 is 14.6 Å². The highest BCUT2D eigenvalue weighted by atomic mass is 16.5. The predicted octanol–water partition coefficient (Wildman–Crippen LogP) is 4.01. The molecule has 13 nitrogen and oxygen atoms in total. The van der Waals surface area contributed by atoms with E-state index in [2.05, 4.69) is 63.5 Å². The zero-order chi connectivity index (χ0) is 32.7. The Bertz CT molecular complexity index is 1660. The summed E-state index contributed by atoms with van der Waals surface area (Å²) in [5, 5.41) is 25.3. The Morgan fingerprint density at radius 3 is 2.72 bits per heavy atom. The topological polar surface area (TPSA) is 130 Å². The SMILES string of the molecule is Cc1ccc2c(cnn2C2CCCCO2)c1N1CCc2c(nc(N(C)CC3CCCN3C)nc2N2CCN(C(=O)O)[C@@H](CC#N)C2)C1. The number of aryl methyl sites for hydroxylation is 1. The van der Waals surface area contributed by atoms with Crippen molar-refractivity contribution in [3.05, 3.63) is 35.2 Å². The molecule has 250 valence electrons. The maximum Gasteiger partial charge on any atom is 0.407 e. The molecule has 1 aromatic carbocycles. The first kappa shape index (κ1) is 31.4. The van der Waals surface area contributed by atoms with Crippen molar-refractivity contribution in [2.24, 2.45) is 0 Å². The molecule has 3 atom stereocenters. The molecule has 47 heavy (non-hydrogen) atoms. The van der Waals surface area contributed by atoms with Crippen molar-refractivity contribution in [2.45, 2.75) is 76.7 Å². The molecule has 0 saturated carbocycles. The average Bonchev–Trinajstić information content (AvgIpc) is 3.69. The van der Waals surface area contributed by atoms with Crippen LogP contribution >= 0.6 is 0 Å². The first-order valence-corrected chi connectivity index (χ1v) is 17.1. The third-order valence-electron chi connectivity index (χ3n) is 10.6. The van der Waals surface area contributed by atoms with Gasteiger partial charge in [-0.3, -0.25) is 0 Å². The summed E-state index contributed by atoms with van der Waals surface area (Å²) >= 11 is 0. The molecule has 2 unspecified atom stereocenters. The van der Waals surface area contributed by atoms with Crippen molar-refractivity contribution >= 4 is 34.4 Å². The number of ether oxygens (including phenoxy) is 1. The second-order valence-electron chi connectivity index (χ2n) is 13.6. The molecular weight excluding hydrogens is 596 g/mol. The molecule has 0 aliphatic carbocycles. The molecule has 4 aliphatic rings. The Hall–Kier alpha value is -4.15. The number of nitrogens with zero attached hydrogens (tertiary/aromatic N) is 10. The summed E-state index contributed by atoms with van der Waals surface area (Å²) in [6, 6.07) is 6.59. The number of hydrogen-bond donors (Lipinski definition) is 1. The van der Waals surface area contributed by atoms with Crippen LogP contribution in [0.15, 0.2) is 18.3 Å². The van der Waals surface area contributed by atoms with E-state index in [1.807, 2.05) is 6.20 Å². The highest BCUT2D eigenvalue weighted by Crippen LogP contribution is 2.38. The monoisotopic (exact) mass is 642 g/mol. The van der Waals surface area contributed by atoms with Crippen LogP contribution in [0.2, 0.25) is 0 Å². The molecule has 1 amide bonds. The van der Waals surface area contributed by atoms with E-state index in [1.54, 1.807) is 0 Å². The van der Waals surface area contributed by atoms with Gasteiger partial charge in [-0.1, -0.05) is 6.07 Å². The largest absolute Gasteiger partial charge is 0.465 e. The third-order valence-corrected chi connectivity index (χ3v) is 10.6. The van der Waals surface area contributed by atoms with Crippen LogP contribution in [0, 0.1) is 18.3 Å². The molecule has 0 bridgehead atoms. The standard InChI is InChI=1S/C34H46N10O3/c1-23-9-10-29-27(19-36-44(29)30-8-4-5-18-47-30)31(23)41-15-12-26-28(22-41)37-33(40(3)20-24-7-6-14-39(24)2)38-32(26)42-16-17-43(34(45)46)25(21-42)11-13-35/h9-10,19,24-25,30H,4-8,11-12,14-18,20-22H2,1-3H3,(H,45,46)/t24?,25-,30?/m0/s1. The number of amides is 1. The maximum absolute atomic E-state index is 12.0. The van der Waals surface area contributed by atoms with Gasteiger partial charge in [0.2, 0.25) is 5.95 Å². The Labute approximate surface area is 276 Å². The maximum atomic E-state index is 12.0. The lowest BCUT2D eigenvalue weighted by molar-refractivity contribution is -0.0366. The average molecular weight is 643 g/mol. The summed E-state index contributed by atoms with van der Waals surface area (Å²) in [4.78, 5) is 33.0. The Kier molecular flexibility index (Phi) is 8.81. The minimum atomic E-state index is -0.978. The molecule has 3 aromatic rings. The Morgan fingerprint density at radius 1 is 1.11 bits per heavy atom. The Balaban J connectivity index is 1.24. The first-order valence-electron chi connectivity index (χ1n) is 17.1. The number of fused-ring (bicyclic) bond motifs is 2. The number of hydrogen-bond acceptors (Lipinski definition) is 10. The molecule has 2 aromatic heterocycles. The van der Waals surface area contributed by atoms with E-state index in [1.165, 1.54) is 22.6 Å². The summed E-state index contributed by atoms with van der Waals surface area (Å²) in [7, 11) is 4.26. The van der Waals surface area contributed by atoms with Gasteiger partial charge in [0.1, 0.15) is 5.82 Å². The molecule has 13 heteroatoms. The molecule has 1 N–H and O–H groups in total. The van der Waals surface area contributed by atoms with Gasteiger partial charge >= 0.3 is 6.09 Å². The van der Waals surface area contributed by atoms with Crippen molar-refractivity contribution in [3.8, 4) is 6.07 Å². The number of aromatic nitrogens is 4. The number of likely N-dealkylation sites (tertiary alicyclic amines) is 1. The fourth-order valence-corrected chi connectivity index (χ4v) is 7.99. The molecule has 3 saturated heterocycles. The molecule has 3 fully saturated rings. The van der Waals surface area contributed by atoms with Gasteiger partial charge in [-0.25, -0.2) is 14.5 Å². The minimum absolute atomic E-state index is 0.0300. The normalized spacial score (nSPS) is 23.6. The molecule has 0 spiro atoms. The van der Waals surface area contributed by atoms with Crippen LogP contribution in [0.5, 0.6) is 0 Å². The smallest absolute Gasteiger partial charge is 0.407 e. The second-order valence-corrected chi connectivity index (χ2v) is 13.6. The number of piperazine rings is 1. The highest BCUT2D eigenvalue weighted by molar-refractivity contribution is 5.94. The van der Waals surface area contributed by atoms with Crippen LogP contribution in [0.25, 0.3) is 10.9 Å². The van der Waals surface area contributed by atoms with Crippen LogP contribution in [0.4, 0.5) is 22.2 Å². The lowest BCUT2D eigenvalue weighted by Crippen LogP contribution is -2.55. The quantitative estimate of drug-likeness (QED) is 0.401. The fourth-order valence-electron chi connectivity index (χ4n) is 7.99. The summed E-state index contributed by atoms with van der Waals surface area (Å²) in [6.45, 7) is 7.60. The van der Waals surface area contributed by atoms with Gasteiger partial charge in [0.25, 0.3) is 0 Å². The van der Waals surface area contributed by atoms with Gasteiger partial charge in [0.05, 0.1) is 48.2 Å². The van der Waals surface area contributed by atoms with Gasteiger partial charge in [0.15, 0.2) is 6.23 Å². The van der Waals surface area contributed by atoms with Gasteiger partial charge in [-0.05, 0) is 70.7 Å². The zero-order valence-electron chi connectivity index (χ0n) is 27.8. The lowest BCUT2D eigenvalue weighted by atomic mass is 10.0. The van der Waals surface area contributed by atoms with E-state index in [0.29, 0.717) is 38.2 Å². The van der Waals surface area contributed by atoms with Crippen LogP contribution in [0.1, 0.15) is 61.6 Å². The molecule has 7 rings (SSSR count). The van der Waals surface area contributed by atoms with E-state index in [0.717, 1.165) is 86.3 Å². The van der Waals surface area contributed by atoms with Gasteiger partial charge in [-0.15, -0.1) is 0 Å². The molecule has 6 heterocycles. The van der Waals surface area contributed by atoms with Gasteiger partial charge < -0.3 is 34.3 Å². The van der Waals surface area contributed by atoms with Crippen molar-refractivity contribution in [3.63, 3.8) is 0 Å². The minimum Gasteiger partial charge on any atom is -0.465 e. The molecular formula is C34H46N10O3. The van der Waals surface area contributed by atoms with Crippen LogP contribution < -0.4 is 14.7 Å². The lowest BCUT2D eigenvalue weighted by Gasteiger charge is -2.41. The first-order chi connectivity index (χ1) is 22.8. The predicted molar refractivity (Wildman–Crippen MR) is 180 cm³/mol. The second kappa shape index (κ2) is 13.2. The number of carbonyl (C=O) groups is 1. The van der Waals surface area contributed by atoms with E-state index in [4.69, 9.17) is 19.8 Å². The summed E-state index contributed by atoms with van der Waals surface area (Å²) in [5.41, 5.74) is 5.59. The van der Waals surface area contributed by atoms with Crippen LogP contribution in [-0.4, -0.2) is 113 Å². The number of rotatable bonds is 7. The van der Waals surface area contributed by atoms with Crippen LogP contribution in [-0.2, 0) is 17.7 Å². The van der Waals surface area contributed by atoms with E-state index >= 15 is 0 Å². The number of benzene rings is 1. The number of likely N-dealkylation sites (N-methyl/N-ethyl adjacent to an activating group) is 2. The Morgan fingerprint density at radius 2 is 1.98 bits per heavy atom. The van der Waals surface area contributed by atoms with Crippen molar-refractivity contribution in [1.29, 1.82) is 5.26 Å². The summed E-state index contributed by atoms with van der Waals surface area (Å²) in [6.07, 6.45) is 7.46. The van der Waals surface area contributed by atoms with Crippen molar-refractivity contribution in [2.75, 3.05) is 74.7 Å². The van der Waals surface area contributed by atoms with Gasteiger partial charge in [-0.2, -0.15) is 15.3 Å². The highest BCUT2D eigenvalue weighted by Gasteiger charge is 2.35.